The minimum Gasteiger partial charge on any atom is -0.390 e. The maximum Gasteiger partial charge on any atom is 0.123 e. The zero-order chi connectivity index (χ0) is 11.5. The first-order chi connectivity index (χ1) is 7.76. The second-order valence-corrected chi connectivity index (χ2v) is 3.19. The van der Waals surface area contributed by atoms with Crippen LogP contribution in [0.1, 0.15) is 11.4 Å². The molecule has 2 N–H and O–H groups in total. The van der Waals surface area contributed by atoms with Gasteiger partial charge < -0.3 is 10.2 Å². The summed E-state index contributed by atoms with van der Waals surface area (Å²) in [6, 6.07) is 5.61. The van der Waals surface area contributed by atoms with Gasteiger partial charge in [-0.25, -0.2) is 9.07 Å². The van der Waals surface area contributed by atoms with E-state index >= 15 is 0 Å². The molecule has 0 saturated heterocycles. The fourth-order valence-electron chi connectivity index (χ4n) is 1.40. The Morgan fingerprint density at radius 3 is 2.38 bits per heavy atom. The van der Waals surface area contributed by atoms with Gasteiger partial charge in [0.2, 0.25) is 0 Å². The zero-order valence-corrected chi connectivity index (χ0v) is 8.34. The van der Waals surface area contributed by atoms with Crippen LogP contribution in [0, 0.1) is 5.82 Å². The SMILES string of the molecule is OCc1nnn(-c2ccc(F)cc2)c1CO. The van der Waals surface area contributed by atoms with E-state index in [2.05, 4.69) is 10.3 Å². The second kappa shape index (κ2) is 4.38. The molecule has 84 valence electrons. The molecule has 0 atom stereocenters. The van der Waals surface area contributed by atoms with Crippen molar-refractivity contribution >= 4 is 0 Å². The molecule has 1 aromatic heterocycles. The molecule has 1 heterocycles. The molecular weight excluding hydrogens is 213 g/mol. The van der Waals surface area contributed by atoms with Gasteiger partial charge in [-0.3, -0.25) is 0 Å². The maximum atomic E-state index is 12.7. The first-order valence-corrected chi connectivity index (χ1v) is 4.67. The number of nitrogens with zero attached hydrogens (tertiary/aromatic N) is 3. The topological polar surface area (TPSA) is 71.2 Å². The Morgan fingerprint density at radius 2 is 1.81 bits per heavy atom. The number of hydrogen-bond donors (Lipinski definition) is 2. The Kier molecular flexibility index (Phi) is 2.93. The average Bonchev–Trinajstić information content (AvgIpc) is 2.72. The number of rotatable bonds is 3. The highest BCUT2D eigenvalue weighted by Crippen LogP contribution is 2.13. The molecule has 0 bridgehead atoms. The number of hydrogen-bond acceptors (Lipinski definition) is 4. The molecule has 16 heavy (non-hydrogen) atoms. The summed E-state index contributed by atoms with van der Waals surface area (Å²) in [5.74, 6) is -0.350. The van der Waals surface area contributed by atoms with Crippen LogP contribution < -0.4 is 0 Å². The standard InChI is InChI=1S/C10H10FN3O2/c11-7-1-3-8(4-2-7)14-10(6-16)9(5-15)12-13-14/h1-4,15-16H,5-6H2. The summed E-state index contributed by atoms with van der Waals surface area (Å²) < 4.78 is 14.1. The van der Waals surface area contributed by atoms with Crippen LogP contribution in [0.5, 0.6) is 0 Å². The van der Waals surface area contributed by atoms with Crippen LogP contribution in [-0.2, 0) is 13.2 Å². The van der Waals surface area contributed by atoms with Crippen LogP contribution in [-0.4, -0.2) is 25.2 Å². The van der Waals surface area contributed by atoms with Crippen molar-refractivity contribution in [3.8, 4) is 5.69 Å². The lowest BCUT2D eigenvalue weighted by Crippen LogP contribution is -2.03. The Bertz CT molecular complexity index is 481. The van der Waals surface area contributed by atoms with Crippen LogP contribution in [0.2, 0.25) is 0 Å². The predicted molar refractivity (Wildman–Crippen MR) is 53.2 cm³/mol. The van der Waals surface area contributed by atoms with Gasteiger partial charge in [0, 0.05) is 0 Å². The molecule has 0 spiro atoms. The van der Waals surface area contributed by atoms with E-state index in [0.29, 0.717) is 17.1 Å². The fourth-order valence-corrected chi connectivity index (χ4v) is 1.40. The lowest BCUT2D eigenvalue weighted by Gasteiger charge is -2.04. The van der Waals surface area contributed by atoms with Crippen LogP contribution in [0.3, 0.4) is 0 Å². The zero-order valence-electron chi connectivity index (χ0n) is 8.34. The number of aromatic nitrogens is 3. The summed E-state index contributed by atoms with van der Waals surface area (Å²) >= 11 is 0. The van der Waals surface area contributed by atoms with Crippen molar-refractivity contribution in [3.05, 3.63) is 41.5 Å². The quantitative estimate of drug-likeness (QED) is 0.789. The third kappa shape index (κ3) is 1.80. The summed E-state index contributed by atoms with van der Waals surface area (Å²) in [6.45, 7) is -0.586. The number of aliphatic hydroxyl groups is 2. The second-order valence-electron chi connectivity index (χ2n) is 3.19. The summed E-state index contributed by atoms with van der Waals surface area (Å²) in [6.07, 6.45) is 0. The van der Waals surface area contributed by atoms with Crippen molar-refractivity contribution < 1.29 is 14.6 Å². The monoisotopic (exact) mass is 223 g/mol. The average molecular weight is 223 g/mol. The highest BCUT2D eigenvalue weighted by atomic mass is 19.1. The normalized spacial score (nSPS) is 10.7. The molecule has 0 aliphatic rings. The largest absolute Gasteiger partial charge is 0.390 e. The number of halogens is 1. The molecule has 2 rings (SSSR count). The van der Waals surface area contributed by atoms with Gasteiger partial charge >= 0.3 is 0 Å². The van der Waals surface area contributed by atoms with Gasteiger partial charge in [0.25, 0.3) is 0 Å². The van der Waals surface area contributed by atoms with Gasteiger partial charge in [-0.1, -0.05) is 5.21 Å². The fraction of sp³-hybridized carbons (Fsp3) is 0.200. The van der Waals surface area contributed by atoms with E-state index in [9.17, 15) is 4.39 Å². The Labute approximate surface area is 90.8 Å². The first-order valence-electron chi connectivity index (χ1n) is 4.67. The van der Waals surface area contributed by atoms with Gasteiger partial charge in [-0.05, 0) is 24.3 Å². The van der Waals surface area contributed by atoms with Gasteiger partial charge in [0.1, 0.15) is 11.5 Å². The molecule has 0 radical (unpaired) electrons. The van der Waals surface area contributed by atoms with E-state index in [1.165, 1.54) is 28.9 Å². The third-order valence-corrected chi connectivity index (χ3v) is 2.21. The molecule has 0 aliphatic heterocycles. The summed E-state index contributed by atoms with van der Waals surface area (Å²) in [7, 11) is 0. The first kappa shape index (κ1) is 10.7. The van der Waals surface area contributed by atoms with Crippen molar-refractivity contribution in [2.45, 2.75) is 13.2 Å². The molecule has 0 saturated carbocycles. The number of benzene rings is 1. The van der Waals surface area contributed by atoms with E-state index in [4.69, 9.17) is 10.2 Å². The predicted octanol–water partition coefficient (Wildman–Crippen LogP) is 0.391. The van der Waals surface area contributed by atoms with Crippen molar-refractivity contribution in [2.75, 3.05) is 0 Å². The minimum absolute atomic E-state index is 0.291. The maximum absolute atomic E-state index is 12.7. The van der Waals surface area contributed by atoms with E-state index in [0.717, 1.165) is 0 Å². The van der Waals surface area contributed by atoms with Gasteiger partial charge in [-0.2, -0.15) is 0 Å². The molecule has 1 aromatic carbocycles. The lowest BCUT2D eigenvalue weighted by molar-refractivity contribution is 0.253. The van der Waals surface area contributed by atoms with Gasteiger partial charge in [-0.15, -0.1) is 5.10 Å². The van der Waals surface area contributed by atoms with E-state index in [-0.39, 0.29) is 19.0 Å². The lowest BCUT2D eigenvalue weighted by atomic mass is 10.3. The van der Waals surface area contributed by atoms with E-state index in [1.807, 2.05) is 0 Å². The van der Waals surface area contributed by atoms with Gasteiger partial charge in [0.05, 0.1) is 24.6 Å². The van der Waals surface area contributed by atoms with Crippen LogP contribution in [0.25, 0.3) is 5.69 Å². The minimum atomic E-state index is -0.350. The third-order valence-electron chi connectivity index (χ3n) is 2.21. The van der Waals surface area contributed by atoms with Crippen molar-refractivity contribution in [2.24, 2.45) is 0 Å². The Morgan fingerprint density at radius 1 is 1.12 bits per heavy atom. The molecule has 0 aliphatic carbocycles. The Balaban J connectivity index is 2.47. The van der Waals surface area contributed by atoms with Crippen molar-refractivity contribution in [1.29, 1.82) is 0 Å². The highest BCUT2D eigenvalue weighted by Gasteiger charge is 2.12. The molecule has 0 fully saturated rings. The summed E-state index contributed by atoms with van der Waals surface area (Å²) in [5, 5.41) is 25.6. The van der Waals surface area contributed by atoms with Gasteiger partial charge in [0.15, 0.2) is 0 Å². The van der Waals surface area contributed by atoms with E-state index < -0.39 is 0 Å². The van der Waals surface area contributed by atoms with Crippen LogP contribution in [0.15, 0.2) is 24.3 Å². The molecule has 0 unspecified atom stereocenters. The smallest absolute Gasteiger partial charge is 0.123 e. The molecular formula is C10H10FN3O2. The molecule has 0 amide bonds. The molecule has 2 aromatic rings. The van der Waals surface area contributed by atoms with Crippen LogP contribution in [0.4, 0.5) is 4.39 Å². The molecule has 6 heteroatoms. The number of aliphatic hydroxyl groups excluding tert-OH is 2. The highest BCUT2D eigenvalue weighted by molar-refractivity contribution is 5.33. The summed E-state index contributed by atoms with van der Waals surface area (Å²) in [5.41, 5.74) is 1.29. The van der Waals surface area contributed by atoms with Crippen LogP contribution >= 0.6 is 0 Å². The Hall–Kier alpha value is -1.79. The summed E-state index contributed by atoms with van der Waals surface area (Å²) in [4.78, 5) is 0. The van der Waals surface area contributed by atoms with E-state index in [1.54, 1.807) is 0 Å². The van der Waals surface area contributed by atoms with Crippen molar-refractivity contribution in [3.63, 3.8) is 0 Å². The molecule has 5 nitrogen and oxygen atoms in total. The van der Waals surface area contributed by atoms with Crippen molar-refractivity contribution in [1.82, 2.24) is 15.0 Å².